The number of benzene rings is 2. The zero-order valence-corrected chi connectivity index (χ0v) is 12.6. The molecule has 3 nitrogen and oxygen atoms in total. The van der Waals surface area contributed by atoms with Crippen LogP contribution in [0.15, 0.2) is 40.9 Å². The molecule has 0 saturated heterocycles. The first kappa shape index (κ1) is 14.5. The molecule has 0 fully saturated rings. The van der Waals surface area contributed by atoms with Gasteiger partial charge in [-0.2, -0.15) is 0 Å². The van der Waals surface area contributed by atoms with Crippen LogP contribution < -0.4 is 10.1 Å². The lowest BCUT2D eigenvalue weighted by Gasteiger charge is -2.11. The number of carbonyl (C=O) groups excluding carboxylic acids is 1. The number of rotatable bonds is 3. The van der Waals surface area contributed by atoms with E-state index in [0.29, 0.717) is 11.3 Å². The van der Waals surface area contributed by atoms with Crippen molar-refractivity contribution in [2.75, 3.05) is 12.4 Å². The van der Waals surface area contributed by atoms with Crippen LogP contribution in [0.1, 0.15) is 15.9 Å². The van der Waals surface area contributed by atoms with E-state index in [2.05, 4.69) is 21.2 Å². The molecule has 2 aromatic rings. The number of amides is 1. The number of halogens is 2. The zero-order valence-electron chi connectivity index (χ0n) is 11.0. The second-order valence-electron chi connectivity index (χ2n) is 4.26. The molecule has 1 N–H and O–H groups in total. The largest absolute Gasteiger partial charge is 0.494 e. The molecule has 0 heterocycles. The fourth-order valence-corrected chi connectivity index (χ4v) is 2.16. The number of hydrogen-bond donors (Lipinski definition) is 1. The summed E-state index contributed by atoms with van der Waals surface area (Å²) < 4.78 is 19.0. The Morgan fingerprint density at radius 2 is 2.00 bits per heavy atom. The normalized spacial score (nSPS) is 10.2. The Balaban J connectivity index is 2.30. The van der Waals surface area contributed by atoms with Crippen LogP contribution in [0, 0.1) is 12.7 Å². The summed E-state index contributed by atoms with van der Waals surface area (Å²) in [6.07, 6.45) is 0. The molecule has 1 amide bonds. The van der Waals surface area contributed by atoms with Gasteiger partial charge in [-0.15, -0.1) is 0 Å². The highest BCUT2D eigenvalue weighted by atomic mass is 79.9. The Bertz CT molecular complexity index is 658. The van der Waals surface area contributed by atoms with Gasteiger partial charge < -0.3 is 10.1 Å². The third kappa shape index (κ3) is 3.17. The summed E-state index contributed by atoms with van der Waals surface area (Å²) in [6, 6.07) is 9.42. The van der Waals surface area contributed by atoms with Crippen molar-refractivity contribution in [1.82, 2.24) is 0 Å². The number of methoxy groups -OCH3 is 1. The number of carbonyl (C=O) groups is 1. The van der Waals surface area contributed by atoms with Crippen molar-refractivity contribution in [1.29, 1.82) is 0 Å². The van der Waals surface area contributed by atoms with Crippen molar-refractivity contribution in [2.45, 2.75) is 6.92 Å². The van der Waals surface area contributed by atoms with Crippen molar-refractivity contribution >= 4 is 27.5 Å². The Morgan fingerprint density at radius 3 is 2.70 bits per heavy atom. The molecule has 0 aromatic heterocycles. The monoisotopic (exact) mass is 337 g/mol. The van der Waals surface area contributed by atoms with Gasteiger partial charge in [-0.3, -0.25) is 4.79 Å². The van der Waals surface area contributed by atoms with Crippen LogP contribution in [0.4, 0.5) is 10.1 Å². The molecule has 0 aliphatic heterocycles. The summed E-state index contributed by atoms with van der Waals surface area (Å²) in [5.74, 6) is -0.404. The molecule has 0 atom stereocenters. The lowest BCUT2D eigenvalue weighted by molar-refractivity contribution is 0.102. The number of aryl methyl sites for hydroxylation is 1. The summed E-state index contributed by atoms with van der Waals surface area (Å²) in [7, 11) is 1.43. The minimum absolute atomic E-state index is 0.270. The maximum absolute atomic E-state index is 13.1. The first-order valence-electron chi connectivity index (χ1n) is 5.92. The molecule has 2 rings (SSSR count). The summed E-state index contributed by atoms with van der Waals surface area (Å²) in [5.41, 5.74) is 1.83. The molecule has 0 bridgehead atoms. The number of nitrogens with one attached hydrogen (secondary N) is 1. The zero-order chi connectivity index (χ0) is 14.7. The van der Waals surface area contributed by atoms with Gasteiger partial charge in [-0.25, -0.2) is 4.39 Å². The predicted molar refractivity (Wildman–Crippen MR) is 79.8 cm³/mol. The molecule has 0 unspecified atom stereocenters. The number of hydrogen-bond acceptors (Lipinski definition) is 2. The van der Waals surface area contributed by atoms with Gasteiger partial charge in [0.05, 0.1) is 12.8 Å². The second kappa shape index (κ2) is 6.05. The van der Waals surface area contributed by atoms with E-state index in [1.165, 1.54) is 25.3 Å². The minimum Gasteiger partial charge on any atom is -0.494 e. The van der Waals surface area contributed by atoms with Crippen LogP contribution in [0.25, 0.3) is 0 Å². The van der Waals surface area contributed by atoms with Gasteiger partial charge in [0.1, 0.15) is 11.6 Å². The van der Waals surface area contributed by atoms with Crippen LogP contribution >= 0.6 is 15.9 Å². The highest BCUT2D eigenvalue weighted by molar-refractivity contribution is 9.10. The summed E-state index contributed by atoms with van der Waals surface area (Å²) in [5, 5.41) is 2.72. The Kier molecular flexibility index (Phi) is 4.39. The van der Waals surface area contributed by atoms with Gasteiger partial charge in [0.25, 0.3) is 5.91 Å². The molecule has 2 aromatic carbocycles. The van der Waals surface area contributed by atoms with Crippen molar-refractivity contribution in [2.24, 2.45) is 0 Å². The molecular weight excluding hydrogens is 325 g/mol. The molecule has 104 valence electrons. The smallest absolute Gasteiger partial charge is 0.256 e. The van der Waals surface area contributed by atoms with Crippen LogP contribution in [0.3, 0.4) is 0 Å². The van der Waals surface area contributed by atoms with Gasteiger partial charge in [0.15, 0.2) is 0 Å². The first-order valence-corrected chi connectivity index (χ1v) is 6.71. The fourth-order valence-electron chi connectivity index (χ4n) is 1.80. The Morgan fingerprint density at radius 1 is 1.25 bits per heavy atom. The maximum Gasteiger partial charge on any atom is 0.256 e. The SMILES string of the molecule is COc1cc(F)ccc1NC(=O)c1cc(Br)ccc1C. The van der Waals surface area contributed by atoms with Crippen molar-refractivity contribution in [3.63, 3.8) is 0 Å². The van der Waals surface area contributed by atoms with Crippen LogP contribution in [-0.4, -0.2) is 13.0 Å². The molecule has 0 saturated carbocycles. The van der Waals surface area contributed by atoms with Crippen LogP contribution in [0.2, 0.25) is 0 Å². The average Bonchev–Trinajstić information content (AvgIpc) is 2.43. The van der Waals surface area contributed by atoms with Gasteiger partial charge in [-0.05, 0) is 36.8 Å². The molecule has 5 heteroatoms. The minimum atomic E-state index is -0.418. The van der Waals surface area contributed by atoms with Gasteiger partial charge in [0.2, 0.25) is 0 Å². The van der Waals surface area contributed by atoms with E-state index in [9.17, 15) is 9.18 Å². The lowest BCUT2D eigenvalue weighted by atomic mass is 10.1. The van der Waals surface area contributed by atoms with E-state index in [4.69, 9.17) is 4.74 Å². The summed E-state index contributed by atoms with van der Waals surface area (Å²) in [6.45, 7) is 1.85. The topological polar surface area (TPSA) is 38.3 Å². The Hall–Kier alpha value is -1.88. The van der Waals surface area contributed by atoms with Gasteiger partial charge >= 0.3 is 0 Å². The second-order valence-corrected chi connectivity index (χ2v) is 5.17. The summed E-state index contributed by atoms with van der Waals surface area (Å²) >= 11 is 3.33. The average molecular weight is 338 g/mol. The molecule has 0 spiro atoms. The van der Waals surface area contributed by atoms with Crippen molar-refractivity contribution in [3.8, 4) is 5.75 Å². The Labute approximate surface area is 124 Å². The van der Waals surface area contributed by atoms with E-state index in [-0.39, 0.29) is 11.7 Å². The van der Waals surface area contributed by atoms with E-state index in [1.807, 2.05) is 19.1 Å². The predicted octanol–water partition coefficient (Wildman–Crippen LogP) is 4.16. The van der Waals surface area contributed by atoms with Gasteiger partial charge in [0, 0.05) is 16.1 Å². The van der Waals surface area contributed by atoms with E-state index < -0.39 is 5.82 Å². The summed E-state index contributed by atoms with van der Waals surface area (Å²) in [4.78, 5) is 12.3. The van der Waals surface area contributed by atoms with Crippen LogP contribution in [0.5, 0.6) is 5.75 Å². The standard InChI is InChI=1S/C15H13BrFNO2/c1-9-3-4-10(16)7-12(9)15(19)18-13-6-5-11(17)8-14(13)20-2/h3-8H,1-2H3,(H,18,19). The highest BCUT2D eigenvalue weighted by Crippen LogP contribution is 2.26. The molecular formula is C15H13BrFNO2. The third-order valence-corrected chi connectivity index (χ3v) is 3.35. The molecule has 0 aliphatic carbocycles. The van der Waals surface area contributed by atoms with E-state index in [0.717, 1.165) is 10.0 Å². The maximum atomic E-state index is 13.1. The molecule has 0 aliphatic rings. The van der Waals surface area contributed by atoms with Crippen molar-refractivity contribution < 1.29 is 13.9 Å². The van der Waals surface area contributed by atoms with Gasteiger partial charge in [-0.1, -0.05) is 22.0 Å². The molecule has 20 heavy (non-hydrogen) atoms. The fraction of sp³-hybridized carbons (Fsp3) is 0.133. The first-order chi connectivity index (χ1) is 9.51. The van der Waals surface area contributed by atoms with Crippen LogP contribution in [-0.2, 0) is 0 Å². The van der Waals surface area contributed by atoms with E-state index in [1.54, 1.807) is 6.07 Å². The lowest BCUT2D eigenvalue weighted by Crippen LogP contribution is -2.14. The number of ether oxygens (including phenoxy) is 1. The number of anilines is 1. The highest BCUT2D eigenvalue weighted by Gasteiger charge is 2.13. The quantitative estimate of drug-likeness (QED) is 0.913. The third-order valence-electron chi connectivity index (χ3n) is 2.86. The van der Waals surface area contributed by atoms with E-state index >= 15 is 0 Å². The molecule has 0 radical (unpaired) electrons. The van der Waals surface area contributed by atoms with Crippen molar-refractivity contribution in [3.05, 3.63) is 57.8 Å².